The number of likely N-dealkylation sites (N-methyl/N-ethyl adjacent to an activating group) is 1. The van der Waals surface area contributed by atoms with Gasteiger partial charge in [0.1, 0.15) is 0 Å². The van der Waals surface area contributed by atoms with E-state index in [1.54, 1.807) is 5.57 Å². The Hall–Kier alpha value is -1.85. The summed E-state index contributed by atoms with van der Waals surface area (Å²) in [6.45, 7) is 11.4. The van der Waals surface area contributed by atoms with E-state index in [4.69, 9.17) is 0 Å². The van der Waals surface area contributed by atoms with E-state index >= 15 is 0 Å². The summed E-state index contributed by atoms with van der Waals surface area (Å²) < 4.78 is 0. The SMILES string of the molecule is CN=C(NCC(C)CN1CCN(C)CC1)N1CCC(=Cc2ccccc2)CC1. The molecule has 1 aromatic carbocycles. The summed E-state index contributed by atoms with van der Waals surface area (Å²) in [5, 5.41) is 3.62. The van der Waals surface area contributed by atoms with Crippen molar-refractivity contribution in [3.63, 3.8) is 0 Å². The van der Waals surface area contributed by atoms with Crippen molar-refractivity contribution in [1.29, 1.82) is 0 Å². The second-order valence-electron chi connectivity index (χ2n) is 8.34. The summed E-state index contributed by atoms with van der Waals surface area (Å²) >= 11 is 0. The minimum atomic E-state index is 0.624. The van der Waals surface area contributed by atoms with Crippen LogP contribution in [0.1, 0.15) is 25.3 Å². The van der Waals surface area contributed by atoms with Crippen molar-refractivity contribution in [2.75, 3.05) is 66.5 Å². The first-order valence-electron chi connectivity index (χ1n) is 10.7. The lowest BCUT2D eigenvalue weighted by molar-refractivity contribution is 0.139. The van der Waals surface area contributed by atoms with Gasteiger partial charge < -0.3 is 20.0 Å². The number of benzene rings is 1. The van der Waals surface area contributed by atoms with E-state index < -0.39 is 0 Å². The van der Waals surface area contributed by atoms with Crippen molar-refractivity contribution >= 4 is 12.0 Å². The highest BCUT2D eigenvalue weighted by atomic mass is 15.3. The Morgan fingerprint density at radius 1 is 1.07 bits per heavy atom. The molecule has 0 amide bonds. The van der Waals surface area contributed by atoms with Gasteiger partial charge in [-0.15, -0.1) is 0 Å². The molecule has 0 bridgehead atoms. The van der Waals surface area contributed by atoms with E-state index in [1.807, 2.05) is 7.05 Å². The van der Waals surface area contributed by atoms with Gasteiger partial charge in [0, 0.05) is 59.4 Å². The van der Waals surface area contributed by atoms with E-state index in [9.17, 15) is 0 Å². The van der Waals surface area contributed by atoms with Gasteiger partial charge in [0.25, 0.3) is 0 Å². The summed E-state index contributed by atoms with van der Waals surface area (Å²) in [6, 6.07) is 10.7. The molecule has 1 N–H and O–H groups in total. The van der Waals surface area contributed by atoms with Crippen molar-refractivity contribution in [3.05, 3.63) is 41.5 Å². The van der Waals surface area contributed by atoms with E-state index in [0.717, 1.165) is 38.4 Å². The van der Waals surface area contributed by atoms with Crippen LogP contribution in [-0.2, 0) is 0 Å². The Morgan fingerprint density at radius 2 is 1.75 bits per heavy atom. The summed E-state index contributed by atoms with van der Waals surface area (Å²) in [4.78, 5) is 12.0. The Morgan fingerprint density at radius 3 is 2.39 bits per heavy atom. The maximum absolute atomic E-state index is 4.54. The molecule has 154 valence electrons. The van der Waals surface area contributed by atoms with E-state index in [1.165, 1.54) is 38.3 Å². The fourth-order valence-corrected chi connectivity index (χ4v) is 4.07. The molecule has 3 rings (SSSR count). The fraction of sp³-hybridized carbons (Fsp3) is 0.609. The third-order valence-electron chi connectivity index (χ3n) is 5.86. The highest BCUT2D eigenvalue weighted by molar-refractivity contribution is 5.80. The van der Waals surface area contributed by atoms with Crippen LogP contribution in [0.25, 0.3) is 6.08 Å². The van der Waals surface area contributed by atoms with Crippen LogP contribution in [0.2, 0.25) is 0 Å². The molecule has 2 fully saturated rings. The molecule has 5 heteroatoms. The van der Waals surface area contributed by atoms with Crippen molar-refractivity contribution in [2.45, 2.75) is 19.8 Å². The van der Waals surface area contributed by atoms with Gasteiger partial charge in [0.05, 0.1) is 0 Å². The summed E-state index contributed by atoms with van der Waals surface area (Å²) in [6.07, 6.45) is 4.59. The van der Waals surface area contributed by atoms with Crippen molar-refractivity contribution < 1.29 is 0 Å². The smallest absolute Gasteiger partial charge is 0.193 e. The van der Waals surface area contributed by atoms with Crippen molar-refractivity contribution in [3.8, 4) is 0 Å². The summed E-state index contributed by atoms with van der Waals surface area (Å²) in [5.74, 6) is 1.68. The van der Waals surface area contributed by atoms with Gasteiger partial charge in [0.15, 0.2) is 5.96 Å². The number of piperidine rings is 1. The number of aliphatic imine (C=N–C) groups is 1. The fourth-order valence-electron chi connectivity index (χ4n) is 4.07. The van der Waals surface area contributed by atoms with Crippen LogP contribution in [0.3, 0.4) is 0 Å². The lowest BCUT2D eigenvalue weighted by atomic mass is 10.0. The standard InChI is InChI=1S/C23H37N5/c1-20(19-27-15-13-26(3)14-16-27)18-25-23(24-2)28-11-9-22(10-12-28)17-21-7-5-4-6-8-21/h4-8,17,20H,9-16,18-19H2,1-3H3,(H,24,25). The third kappa shape index (κ3) is 6.35. The number of nitrogens with one attached hydrogen (secondary N) is 1. The lowest BCUT2D eigenvalue weighted by Gasteiger charge is -2.35. The number of hydrogen-bond acceptors (Lipinski definition) is 3. The maximum Gasteiger partial charge on any atom is 0.193 e. The molecule has 1 atom stereocenters. The molecule has 1 unspecified atom stereocenters. The highest BCUT2D eigenvalue weighted by Gasteiger charge is 2.19. The number of hydrogen-bond donors (Lipinski definition) is 1. The molecule has 5 nitrogen and oxygen atoms in total. The first-order chi connectivity index (χ1) is 13.6. The van der Waals surface area contributed by atoms with Crippen molar-refractivity contribution in [1.82, 2.24) is 20.0 Å². The molecular formula is C23H37N5. The van der Waals surface area contributed by atoms with Gasteiger partial charge in [0.2, 0.25) is 0 Å². The Bertz CT molecular complexity index is 636. The van der Waals surface area contributed by atoms with Crippen LogP contribution in [0.4, 0.5) is 0 Å². The van der Waals surface area contributed by atoms with Gasteiger partial charge >= 0.3 is 0 Å². The second kappa shape index (κ2) is 10.6. The molecule has 2 heterocycles. The predicted molar refractivity (Wildman–Crippen MR) is 120 cm³/mol. The van der Waals surface area contributed by atoms with Crippen LogP contribution in [-0.4, -0.2) is 87.1 Å². The zero-order chi connectivity index (χ0) is 19.8. The molecule has 2 aliphatic heterocycles. The topological polar surface area (TPSA) is 34.1 Å². The van der Waals surface area contributed by atoms with Crippen molar-refractivity contribution in [2.24, 2.45) is 10.9 Å². The molecule has 0 spiro atoms. The Balaban J connectivity index is 1.41. The number of likely N-dealkylation sites (tertiary alicyclic amines) is 1. The quantitative estimate of drug-likeness (QED) is 0.626. The molecule has 2 aliphatic rings. The molecule has 28 heavy (non-hydrogen) atoms. The Labute approximate surface area is 171 Å². The number of rotatable bonds is 5. The average Bonchev–Trinajstić information content (AvgIpc) is 2.72. The molecule has 0 saturated carbocycles. The zero-order valence-electron chi connectivity index (χ0n) is 17.9. The van der Waals surface area contributed by atoms with Crippen LogP contribution in [0.5, 0.6) is 0 Å². The van der Waals surface area contributed by atoms with E-state index in [-0.39, 0.29) is 0 Å². The second-order valence-corrected chi connectivity index (χ2v) is 8.34. The van der Waals surface area contributed by atoms with Crippen LogP contribution in [0, 0.1) is 5.92 Å². The molecule has 0 aliphatic carbocycles. The third-order valence-corrected chi connectivity index (χ3v) is 5.86. The van der Waals surface area contributed by atoms with E-state index in [2.05, 4.69) is 75.4 Å². The number of nitrogens with zero attached hydrogens (tertiary/aromatic N) is 4. The zero-order valence-corrected chi connectivity index (χ0v) is 17.9. The largest absolute Gasteiger partial charge is 0.356 e. The maximum atomic E-state index is 4.54. The van der Waals surface area contributed by atoms with Gasteiger partial charge in [-0.25, -0.2) is 0 Å². The monoisotopic (exact) mass is 383 g/mol. The van der Waals surface area contributed by atoms with Gasteiger partial charge in [-0.2, -0.15) is 0 Å². The predicted octanol–water partition coefficient (Wildman–Crippen LogP) is 2.62. The van der Waals surface area contributed by atoms with Gasteiger partial charge in [-0.1, -0.05) is 48.9 Å². The van der Waals surface area contributed by atoms with E-state index in [0.29, 0.717) is 5.92 Å². The lowest BCUT2D eigenvalue weighted by Crippen LogP contribution is -2.48. The summed E-state index contributed by atoms with van der Waals surface area (Å²) in [5.41, 5.74) is 2.85. The molecule has 2 saturated heterocycles. The number of guanidine groups is 1. The normalized spacial score (nSPS) is 20.9. The minimum absolute atomic E-state index is 0.624. The molecule has 0 radical (unpaired) electrons. The number of piperazine rings is 1. The van der Waals surface area contributed by atoms with Crippen LogP contribution < -0.4 is 5.32 Å². The average molecular weight is 384 g/mol. The summed E-state index contributed by atoms with van der Waals surface area (Å²) in [7, 11) is 4.12. The molecule has 1 aromatic rings. The van der Waals surface area contributed by atoms with Gasteiger partial charge in [-0.05, 0) is 31.4 Å². The van der Waals surface area contributed by atoms with Gasteiger partial charge in [-0.3, -0.25) is 4.99 Å². The Kier molecular flexibility index (Phi) is 7.92. The highest BCUT2D eigenvalue weighted by Crippen LogP contribution is 2.19. The van der Waals surface area contributed by atoms with Crippen LogP contribution in [0.15, 0.2) is 40.9 Å². The first kappa shape index (κ1) is 20.9. The molecule has 0 aromatic heterocycles. The minimum Gasteiger partial charge on any atom is -0.356 e. The first-order valence-corrected chi connectivity index (χ1v) is 10.7. The van der Waals surface area contributed by atoms with Crippen LogP contribution >= 0.6 is 0 Å². The molecular weight excluding hydrogens is 346 g/mol.